The van der Waals surface area contributed by atoms with Gasteiger partial charge in [0.25, 0.3) is 5.91 Å². The molecule has 0 saturated heterocycles. The molecule has 0 bridgehead atoms. The molecule has 1 N–H and O–H groups in total. The van der Waals surface area contributed by atoms with Crippen LogP contribution in [0.4, 0.5) is 0 Å². The maximum atomic E-state index is 12.3. The predicted octanol–water partition coefficient (Wildman–Crippen LogP) is 3.34. The van der Waals surface area contributed by atoms with E-state index in [4.69, 9.17) is 4.74 Å². The minimum Gasteiger partial charge on any atom is -0.488 e. The van der Waals surface area contributed by atoms with Crippen LogP contribution in [-0.2, 0) is 4.79 Å². The summed E-state index contributed by atoms with van der Waals surface area (Å²) < 4.78 is 5.62. The van der Waals surface area contributed by atoms with Crippen molar-refractivity contribution in [2.75, 3.05) is 6.61 Å². The molecule has 1 aliphatic heterocycles. The summed E-state index contributed by atoms with van der Waals surface area (Å²) in [5.41, 5.74) is 2.68. The van der Waals surface area contributed by atoms with Crippen LogP contribution < -0.4 is 10.1 Å². The van der Waals surface area contributed by atoms with Crippen molar-refractivity contribution >= 4 is 12.0 Å². The third-order valence-electron chi connectivity index (χ3n) is 3.57. The molecule has 2 aromatic carbocycles. The molecule has 21 heavy (non-hydrogen) atoms. The zero-order chi connectivity index (χ0) is 14.7. The Morgan fingerprint density at radius 2 is 1.81 bits per heavy atom. The number of fused-ring (bicyclic) bond motifs is 1. The highest BCUT2D eigenvalue weighted by atomic mass is 16.5. The fraction of sp³-hybridized carbons (Fsp3) is 0.167. The lowest BCUT2D eigenvalue weighted by molar-refractivity contribution is -0.118. The number of hydrogen-bond acceptors (Lipinski definition) is 2. The first-order valence-electron chi connectivity index (χ1n) is 7.02. The number of hydrogen-bond donors (Lipinski definition) is 1. The number of benzene rings is 2. The summed E-state index contributed by atoms with van der Waals surface area (Å²) in [5.74, 6) is 0.742. The molecule has 0 spiro atoms. The average Bonchev–Trinajstić information content (AvgIpc) is 2.55. The van der Waals surface area contributed by atoms with Gasteiger partial charge in [-0.25, -0.2) is 0 Å². The number of nitrogens with one attached hydrogen (secondary N) is 1. The van der Waals surface area contributed by atoms with E-state index in [1.165, 1.54) is 0 Å². The molecular formula is C18H17NO2. The van der Waals surface area contributed by atoms with Crippen LogP contribution in [0, 0.1) is 0 Å². The molecule has 1 unspecified atom stereocenters. The first kappa shape index (κ1) is 13.4. The Bertz CT molecular complexity index is 677. The third-order valence-corrected chi connectivity index (χ3v) is 3.57. The lowest BCUT2D eigenvalue weighted by Gasteiger charge is -2.20. The highest BCUT2D eigenvalue weighted by Crippen LogP contribution is 2.26. The first-order chi connectivity index (χ1) is 10.2. The molecule has 0 aliphatic carbocycles. The van der Waals surface area contributed by atoms with Gasteiger partial charge in [-0.05, 0) is 24.6 Å². The Balaban J connectivity index is 1.74. The number of rotatable bonds is 3. The summed E-state index contributed by atoms with van der Waals surface area (Å²) in [6.07, 6.45) is 1.89. The Morgan fingerprint density at radius 1 is 1.10 bits per heavy atom. The monoisotopic (exact) mass is 279 g/mol. The Labute approximate surface area is 124 Å². The molecule has 1 atom stereocenters. The van der Waals surface area contributed by atoms with E-state index in [1.54, 1.807) is 0 Å². The molecule has 3 rings (SSSR count). The van der Waals surface area contributed by atoms with Crippen LogP contribution in [0.5, 0.6) is 5.75 Å². The number of carbonyl (C=O) groups excluding carboxylic acids is 1. The van der Waals surface area contributed by atoms with Gasteiger partial charge in [-0.2, -0.15) is 0 Å². The van der Waals surface area contributed by atoms with E-state index in [2.05, 4.69) is 5.32 Å². The van der Waals surface area contributed by atoms with Crippen molar-refractivity contribution in [2.45, 2.75) is 13.0 Å². The fourth-order valence-corrected chi connectivity index (χ4v) is 2.36. The average molecular weight is 279 g/mol. The largest absolute Gasteiger partial charge is 0.488 e. The van der Waals surface area contributed by atoms with Crippen molar-refractivity contribution in [3.63, 3.8) is 0 Å². The van der Waals surface area contributed by atoms with Crippen LogP contribution in [-0.4, -0.2) is 12.5 Å². The van der Waals surface area contributed by atoms with E-state index < -0.39 is 0 Å². The van der Waals surface area contributed by atoms with Gasteiger partial charge in [0.2, 0.25) is 0 Å². The van der Waals surface area contributed by atoms with E-state index >= 15 is 0 Å². The van der Waals surface area contributed by atoms with Crippen LogP contribution in [0.1, 0.15) is 24.1 Å². The zero-order valence-corrected chi connectivity index (χ0v) is 11.9. The molecule has 0 aromatic heterocycles. The number of amides is 1. The van der Waals surface area contributed by atoms with Crippen LogP contribution in [0.25, 0.3) is 6.08 Å². The topological polar surface area (TPSA) is 38.3 Å². The summed E-state index contributed by atoms with van der Waals surface area (Å²) >= 11 is 0. The normalized spacial score (nSPS) is 14.4. The predicted molar refractivity (Wildman–Crippen MR) is 82.9 cm³/mol. The summed E-state index contributed by atoms with van der Waals surface area (Å²) in [6.45, 7) is 2.29. The van der Waals surface area contributed by atoms with Gasteiger partial charge in [-0.3, -0.25) is 4.79 Å². The second kappa shape index (κ2) is 5.83. The maximum Gasteiger partial charge on any atom is 0.251 e. The van der Waals surface area contributed by atoms with Gasteiger partial charge < -0.3 is 10.1 Å². The number of carbonyl (C=O) groups is 1. The molecular weight excluding hydrogens is 262 g/mol. The van der Waals surface area contributed by atoms with Crippen molar-refractivity contribution in [2.24, 2.45) is 0 Å². The Kier molecular flexibility index (Phi) is 3.73. The maximum absolute atomic E-state index is 12.3. The second-order valence-corrected chi connectivity index (χ2v) is 5.10. The van der Waals surface area contributed by atoms with E-state index in [1.807, 2.05) is 67.6 Å². The van der Waals surface area contributed by atoms with Crippen molar-refractivity contribution in [1.82, 2.24) is 5.32 Å². The van der Waals surface area contributed by atoms with E-state index in [0.29, 0.717) is 12.2 Å². The smallest absolute Gasteiger partial charge is 0.251 e. The van der Waals surface area contributed by atoms with Gasteiger partial charge in [-0.1, -0.05) is 48.5 Å². The molecule has 2 aromatic rings. The van der Waals surface area contributed by atoms with Gasteiger partial charge in [0, 0.05) is 5.56 Å². The molecule has 3 nitrogen and oxygen atoms in total. The molecule has 1 aliphatic rings. The summed E-state index contributed by atoms with van der Waals surface area (Å²) in [6, 6.07) is 17.6. The van der Waals surface area contributed by atoms with Gasteiger partial charge in [0.05, 0.1) is 11.6 Å². The van der Waals surface area contributed by atoms with Crippen molar-refractivity contribution in [3.05, 3.63) is 71.3 Å². The molecule has 106 valence electrons. The molecule has 1 amide bonds. The van der Waals surface area contributed by atoms with Crippen LogP contribution in [0.15, 0.2) is 60.2 Å². The minimum atomic E-state index is -0.0825. The molecule has 0 fully saturated rings. The number of para-hydroxylation sites is 1. The third kappa shape index (κ3) is 2.97. The fourth-order valence-electron chi connectivity index (χ4n) is 2.36. The summed E-state index contributed by atoms with van der Waals surface area (Å²) in [7, 11) is 0. The highest BCUT2D eigenvalue weighted by Gasteiger charge is 2.18. The first-order valence-corrected chi connectivity index (χ1v) is 7.02. The summed E-state index contributed by atoms with van der Waals surface area (Å²) in [5, 5.41) is 3.01. The quantitative estimate of drug-likeness (QED) is 0.935. The van der Waals surface area contributed by atoms with Gasteiger partial charge in [0.15, 0.2) is 0 Å². The minimum absolute atomic E-state index is 0.0308. The van der Waals surface area contributed by atoms with Gasteiger partial charge in [-0.15, -0.1) is 0 Å². The Hall–Kier alpha value is -2.55. The highest BCUT2D eigenvalue weighted by molar-refractivity contribution is 5.99. The van der Waals surface area contributed by atoms with Gasteiger partial charge in [0.1, 0.15) is 12.4 Å². The Morgan fingerprint density at radius 3 is 2.62 bits per heavy atom. The SMILES string of the molecule is CC(NC(=O)C1=Cc2ccccc2OC1)c1ccccc1. The van der Waals surface area contributed by atoms with E-state index in [-0.39, 0.29) is 11.9 Å². The van der Waals surface area contributed by atoms with Crippen molar-refractivity contribution < 1.29 is 9.53 Å². The van der Waals surface area contributed by atoms with Crippen molar-refractivity contribution in [3.8, 4) is 5.75 Å². The lowest BCUT2D eigenvalue weighted by atomic mass is 10.1. The molecule has 0 saturated carbocycles. The zero-order valence-electron chi connectivity index (χ0n) is 11.9. The van der Waals surface area contributed by atoms with Crippen LogP contribution >= 0.6 is 0 Å². The molecule has 3 heteroatoms. The van der Waals surface area contributed by atoms with E-state index in [9.17, 15) is 4.79 Å². The van der Waals surface area contributed by atoms with E-state index in [0.717, 1.165) is 16.9 Å². The lowest BCUT2D eigenvalue weighted by Crippen LogP contribution is -2.30. The molecule has 0 radical (unpaired) electrons. The van der Waals surface area contributed by atoms with Crippen molar-refractivity contribution in [1.29, 1.82) is 0 Å². The standard InChI is InChI=1S/C18H17NO2/c1-13(14-7-3-2-4-8-14)19-18(20)16-11-15-9-5-6-10-17(15)21-12-16/h2-11,13H,12H2,1H3,(H,19,20). The summed E-state index contributed by atoms with van der Waals surface area (Å²) in [4.78, 5) is 12.3. The van der Waals surface area contributed by atoms with Crippen LogP contribution in [0.2, 0.25) is 0 Å². The van der Waals surface area contributed by atoms with Gasteiger partial charge >= 0.3 is 0 Å². The van der Waals surface area contributed by atoms with Crippen LogP contribution in [0.3, 0.4) is 0 Å². The number of ether oxygens (including phenoxy) is 1. The second-order valence-electron chi connectivity index (χ2n) is 5.10. The molecule has 1 heterocycles.